The Hall–Kier alpha value is -8.14. The van der Waals surface area contributed by atoms with E-state index in [1.54, 1.807) is 0 Å². The third-order valence-corrected chi connectivity index (χ3v) is 13.8. The van der Waals surface area contributed by atoms with E-state index in [1.807, 2.05) is 6.07 Å². The lowest BCUT2D eigenvalue weighted by molar-refractivity contribution is 0.476. The Labute approximate surface area is 359 Å². The number of rotatable bonds is 4. The van der Waals surface area contributed by atoms with Gasteiger partial charge in [0, 0.05) is 27.8 Å². The van der Waals surface area contributed by atoms with Crippen LogP contribution in [0.1, 0.15) is 22.3 Å². The molecule has 62 heavy (non-hydrogen) atoms. The molecule has 2 heterocycles. The minimum absolute atomic E-state index is 0.433. The van der Waals surface area contributed by atoms with Gasteiger partial charge in [0.1, 0.15) is 0 Å². The number of hydrogen-bond acceptors (Lipinski definition) is 2. The van der Waals surface area contributed by atoms with Gasteiger partial charge in [0.2, 0.25) is 0 Å². The first-order valence-corrected chi connectivity index (χ1v) is 21.4. The molecule has 288 valence electrons. The summed E-state index contributed by atoms with van der Waals surface area (Å²) in [6, 6.07) is 80.3. The number of ether oxygens (including phenoxy) is 1. The second-order valence-electron chi connectivity index (χ2n) is 16.8. The predicted octanol–water partition coefficient (Wildman–Crippen LogP) is 15.5. The minimum atomic E-state index is -0.433. The molecule has 1 aliphatic heterocycles. The van der Waals surface area contributed by atoms with Gasteiger partial charge in [-0.25, -0.2) is 0 Å². The van der Waals surface area contributed by atoms with Crippen LogP contribution in [0.25, 0.3) is 71.6 Å². The fourth-order valence-corrected chi connectivity index (χ4v) is 11.3. The maximum absolute atomic E-state index is 6.55. The summed E-state index contributed by atoms with van der Waals surface area (Å²) in [4.78, 5) is 2.44. The van der Waals surface area contributed by atoms with Crippen molar-refractivity contribution in [2.45, 2.75) is 5.41 Å². The van der Waals surface area contributed by atoms with Crippen molar-refractivity contribution < 1.29 is 4.74 Å². The van der Waals surface area contributed by atoms with Gasteiger partial charge >= 0.3 is 0 Å². The average molecular weight is 789 g/mol. The van der Waals surface area contributed by atoms with Crippen molar-refractivity contribution in [3.05, 3.63) is 241 Å². The third-order valence-electron chi connectivity index (χ3n) is 13.8. The molecule has 0 unspecified atom stereocenters. The van der Waals surface area contributed by atoms with Crippen LogP contribution >= 0.6 is 0 Å². The van der Waals surface area contributed by atoms with Crippen molar-refractivity contribution in [1.29, 1.82) is 0 Å². The van der Waals surface area contributed by atoms with Crippen molar-refractivity contribution >= 4 is 49.6 Å². The molecule has 10 aromatic carbocycles. The van der Waals surface area contributed by atoms with Crippen LogP contribution in [-0.2, 0) is 5.41 Å². The summed E-state index contributed by atoms with van der Waals surface area (Å²) in [6.07, 6.45) is 0. The molecule has 1 spiro atoms. The summed E-state index contributed by atoms with van der Waals surface area (Å²) >= 11 is 0. The Bertz CT molecular complexity index is 3620. The first-order valence-electron chi connectivity index (χ1n) is 21.4. The standard InChI is InChI=1S/C59H36N2O/c1-2-14-39-35-41(30-25-37(39)13-1)60(42-31-32-47-46-17-5-9-21-51(46)59(52(47)36-42)49-19-7-3-15-44(49)45-16-4-8-20-50(45)59)40-28-26-38(27-29-40)43-33-34-56-58-57(43)48-18-6-10-22-53(48)61(58)54-23-11-12-24-55(54)62-56/h1-36H. The van der Waals surface area contributed by atoms with Crippen LogP contribution in [0.3, 0.4) is 0 Å². The fourth-order valence-electron chi connectivity index (χ4n) is 11.3. The first-order chi connectivity index (χ1) is 30.8. The Morgan fingerprint density at radius 3 is 1.71 bits per heavy atom. The van der Waals surface area contributed by atoms with Gasteiger partial charge in [-0.2, -0.15) is 0 Å². The molecule has 3 nitrogen and oxygen atoms in total. The molecule has 0 amide bonds. The van der Waals surface area contributed by atoms with E-state index in [4.69, 9.17) is 4.74 Å². The number of anilines is 3. The highest BCUT2D eigenvalue weighted by Crippen LogP contribution is 2.63. The summed E-state index contributed by atoms with van der Waals surface area (Å²) in [5.74, 6) is 1.75. The summed E-state index contributed by atoms with van der Waals surface area (Å²) in [6.45, 7) is 0. The van der Waals surface area contributed by atoms with Gasteiger partial charge in [0.15, 0.2) is 11.5 Å². The summed E-state index contributed by atoms with van der Waals surface area (Å²) in [5, 5.41) is 4.84. The molecule has 3 aliphatic rings. The smallest absolute Gasteiger partial charge is 0.152 e. The molecule has 0 radical (unpaired) electrons. The Morgan fingerprint density at radius 2 is 0.952 bits per heavy atom. The fraction of sp³-hybridized carbons (Fsp3) is 0.0169. The van der Waals surface area contributed by atoms with Crippen molar-refractivity contribution in [1.82, 2.24) is 4.57 Å². The van der Waals surface area contributed by atoms with Gasteiger partial charge < -0.3 is 14.2 Å². The topological polar surface area (TPSA) is 17.4 Å². The van der Waals surface area contributed by atoms with E-state index in [0.717, 1.165) is 45.3 Å². The quantitative estimate of drug-likeness (QED) is 0.177. The summed E-state index contributed by atoms with van der Waals surface area (Å²) in [7, 11) is 0. The monoisotopic (exact) mass is 788 g/mol. The second kappa shape index (κ2) is 12.4. The predicted molar refractivity (Wildman–Crippen MR) is 255 cm³/mol. The van der Waals surface area contributed by atoms with Gasteiger partial charge in [0.25, 0.3) is 0 Å². The van der Waals surface area contributed by atoms with E-state index >= 15 is 0 Å². The van der Waals surface area contributed by atoms with Crippen LogP contribution in [0, 0.1) is 0 Å². The lowest BCUT2D eigenvalue weighted by atomic mass is 9.70. The lowest BCUT2D eigenvalue weighted by Gasteiger charge is -2.32. The number of hydrogen-bond donors (Lipinski definition) is 0. The van der Waals surface area contributed by atoms with Crippen molar-refractivity contribution in [2.75, 3.05) is 4.90 Å². The average Bonchev–Trinajstić information content (AvgIpc) is 3.95. The zero-order chi connectivity index (χ0) is 40.5. The zero-order valence-corrected chi connectivity index (χ0v) is 33.6. The highest BCUT2D eigenvalue weighted by atomic mass is 16.5. The Balaban J connectivity index is 0.972. The van der Waals surface area contributed by atoms with E-state index in [1.165, 1.54) is 77.1 Å². The van der Waals surface area contributed by atoms with Gasteiger partial charge in [0.05, 0.1) is 22.1 Å². The Kier molecular flexibility index (Phi) is 6.76. The molecule has 0 fully saturated rings. The van der Waals surface area contributed by atoms with Crippen molar-refractivity contribution in [2.24, 2.45) is 0 Å². The molecule has 0 bridgehead atoms. The normalized spacial score (nSPS) is 13.4. The molecule has 0 atom stereocenters. The van der Waals surface area contributed by atoms with Crippen LogP contribution < -0.4 is 9.64 Å². The zero-order valence-electron chi connectivity index (χ0n) is 33.6. The van der Waals surface area contributed by atoms with Crippen LogP contribution in [0.15, 0.2) is 218 Å². The van der Waals surface area contributed by atoms with Gasteiger partial charge in [-0.15, -0.1) is 0 Å². The van der Waals surface area contributed by atoms with Gasteiger partial charge in [-0.1, -0.05) is 152 Å². The highest BCUT2D eigenvalue weighted by Gasteiger charge is 2.51. The summed E-state index contributed by atoms with van der Waals surface area (Å²) in [5.41, 5.74) is 19.1. The van der Waals surface area contributed by atoms with Crippen LogP contribution in [0.4, 0.5) is 17.1 Å². The molecule has 0 saturated carbocycles. The van der Waals surface area contributed by atoms with Crippen molar-refractivity contribution in [3.63, 3.8) is 0 Å². The van der Waals surface area contributed by atoms with E-state index in [2.05, 4.69) is 222 Å². The van der Waals surface area contributed by atoms with Crippen LogP contribution in [0.2, 0.25) is 0 Å². The largest absolute Gasteiger partial charge is 0.453 e. The molecule has 3 heteroatoms. The van der Waals surface area contributed by atoms with Gasteiger partial charge in [-0.05, 0) is 133 Å². The lowest BCUT2D eigenvalue weighted by Crippen LogP contribution is -2.26. The maximum atomic E-state index is 6.55. The van der Waals surface area contributed by atoms with Crippen LogP contribution in [0.5, 0.6) is 11.5 Å². The third kappa shape index (κ3) is 4.39. The van der Waals surface area contributed by atoms with Crippen molar-refractivity contribution in [3.8, 4) is 50.6 Å². The van der Waals surface area contributed by atoms with E-state index in [9.17, 15) is 0 Å². The highest BCUT2D eigenvalue weighted by molar-refractivity contribution is 6.18. The molecule has 0 saturated heterocycles. The summed E-state index contributed by atoms with van der Waals surface area (Å²) < 4.78 is 8.92. The number of benzene rings is 10. The molecule has 1 aromatic heterocycles. The molecule has 2 aliphatic carbocycles. The SMILES string of the molecule is c1ccc2c(c1)Oc1ccc(-c3ccc(N(c4ccc5c(c4)C4(c6ccccc6-c6ccccc64)c4ccccc4-5)c4ccc5ccccc5c4)cc3)c3c4ccccc4n-2c13. The number of fused-ring (bicyclic) bond motifs is 16. The van der Waals surface area contributed by atoms with E-state index in [-0.39, 0.29) is 0 Å². The number of nitrogens with zero attached hydrogens (tertiary/aromatic N) is 2. The molecular formula is C59H36N2O. The number of aromatic nitrogens is 1. The number of para-hydroxylation sites is 3. The molecule has 14 rings (SSSR count). The van der Waals surface area contributed by atoms with Crippen LogP contribution in [-0.4, -0.2) is 4.57 Å². The second-order valence-corrected chi connectivity index (χ2v) is 16.8. The Morgan fingerprint density at radius 1 is 0.387 bits per heavy atom. The van der Waals surface area contributed by atoms with E-state index < -0.39 is 5.41 Å². The van der Waals surface area contributed by atoms with Gasteiger partial charge in [-0.3, -0.25) is 0 Å². The molecular weight excluding hydrogens is 753 g/mol. The first kappa shape index (κ1) is 33.7. The maximum Gasteiger partial charge on any atom is 0.152 e. The minimum Gasteiger partial charge on any atom is -0.453 e. The molecule has 0 N–H and O–H groups in total. The van der Waals surface area contributed by atoms with E-state index in [0.29, 0.717) is 0 Å². The molecule has 11 aromatic rings.